The van der Waals surface area contributed by atoms with Crippen molar-refractivity contribution in [3.8, 4) is 5.88 Å². The van der Waals surface area contributed by atoms with Crippen molar-refractivity contribution in [2.24, 2.45) is 16.8 Å². The van der Waals surface area contributed by atoms with Crippen LogP contribution in [0.1, 0.15) is 75.6 Å². The summed E-state index contributed by atoms with van der Waals surface area (Å²) in [6, 6.07) is 6.76. The normalized spacial score (nSPS) is 18.0. The summed E-state index contributed by atoms with van der Waals surface area (Å²) in [5, 5.41) is 24.1. The fourth-order valence-electron chi connectivity index (χ4n) is 4.64. The lowest BCUT2D eigenvalue weighted by Crippen LogP contribution is -2.34. The van der Waals surface area contributed by atoms with Crippen LogP contribution in [0.4, 0.5) is 0 Å². The lowest BCUT2D eigenvalue weighted by atomic mass is 9.78. The van der Waals surface area contributed by atoms with Gasteiger partial charge in [0.15, 0.2) is 5.88 Å². The molecule has 0 spiro atoms. The number of aromatic hydroxyl groups is 1. The number of hydrogen-bond donors (Lipinski definition) is 4. The number of H-pyrrole nitrogens is 1. The van der Waals surface area contributed by atoms with Crippen molar-refractivity contribution in [3.05, 3.63) is 63.3 Å². The SMILES string of the molecule is CCc1ccc(C)c(C2C=c3c(C(C)=NC(=N)/C=C\NCCC(C)C)c(O)[nH]c3=CC2CC)c1. The summed E-state index contributed by atoms with van der Waals surface area (Å²) in [7, 11) is 0. The third-order valence-corrected chi connectivity index (χ3v) is 6.70. The van der Waals surface area contributed by atoms with E-state index in [0.29, 0.717) is 23.1 Å². The van der Waals surface area contributed by atoms with E-state index in [2.05, 4.69) is 80.3 Å². The zero-order valence-corrected chi connectivity index (χ0v) is 21.5. The van der Waals surface area contributed by atoms with Crippen LogP contribution in [0.5, 0.6) is 5.88 Å². The summed E-state index contributed by atoms with van der Waals surface area (Å²) >= 11 is 0. The number of fused-ring (bicyclic) bond motifs is 1. The molecule has 34 heavy (non-hydrogen) atoms. The van der Waals surface area contributed by atoms with Gasteiger partial charge in [0.25, 0.3) is 0 Å². The van der Waals surface area contributed by atoms with Gasteiger partial charge in [-0.15, -0.1) is 0 Å². The van der Waals surface area contributed by atoms with Crippen molar-refractivity contribution in [2.75, 3.05) is 6.54 Å². The molecule has 0 aliphatic heterocycles. The summed E-state index contributed by atoms with van der Waals surface area (Å²) < 4.78 is 0. The Kier molecular flexibility index (Phi) is 8.54. The molecule has 5 heteroatoms. The highest BCUT2D eigenvalue weighted by Crippen LogP contribution is 2.34. The molecule has 1 aromatic carbocycles. The maximum Gasteiger partial charge on any atom is 0.198 e. The smallest absolute Gasteiger partial charge is 0.198 e. The predicted octanol–water partition coefficient (Wildman–Crippen LogP) is 4.91. The van der Waals surface area contributed by atoms with Crippen LogP contribution in [-0.4, -0.2) is 28.2 Å². The molecule has 1 aliphatic carbocycles. The van der Waals surface area contributed by atoms with Crippen LogP contribution < -0.4 is 15.9 Å². The van der Waals surface area contributed by atoms with Gasteiger partial charge in [0.1, 0.15) is 5.84 Å². The van der Waals surface area contributed by atoms with Crippen molar-refractivity contribution in [2.45, 2.75) is 66.7 Å². The number of aromatic nitrogens is 1. The molecule has 182 valence electrons. The first-order chi connectivity index (χ1) is 16.2. The Balaban J connectivity index is 1.96. The maximum absolute atomic E-state index is 10.8. The maximum atomic E-state index is 10.8. The topological polar surface area (TPSA) is 84.3 Å². The molecule has 0 fully saturated rings. The molecule has 0 saturated carbocycles. The second-order valence-electron chi connectivity index (χ2n) is 9.70. The fraction of sp³-hybridized carbons (Fsp3) is 0.448. The second-order valence-corrected chi connectivity index (χ2v) is 9.70. The number of aliphatic imine (C=N–C) groups is 1. The Labute approximate surface area is 203 Å². The first-order valence-corrected chi connectivity index (χ1v) is 12.5. The van der Waals surface area contributed by atoms with Crippen LogP contribution in [0.25, 0.3) is 12.2 Å². The van der Waals surface area contributed by atoms with E-state index in [-0.39, 0.29) is 17.6 Å². The predicted molar refractivity (Wildman–Crippen MR) is 144 cm³/mol. The number of aryl methyl sites for hydroxylation is 2. The minimum absolute atomic E-state index is 0.111. The van der Waals surface area contributed by atoms with Crippen molar-refractivity contribution >= 4 is 23.7 Å². The number of benzene rings is 1. The van der Waals surface area contributed by atoms with Gasteiger partial charge < -0.3 is 15.4 Å². The van der Waals surface area contributed by atoms with Crippen LogP contribution in [0.15, 0.2) is 35.5 Å². The van der Waals surface area contributed by atoms with E-state index in [4.69, 9.17) is 5.41 Å². The highest BCUT2D eigenvalue weighted by molar-refractivity contribution is 6.09. The molecule has 2 atom stereocenters. The average Bonchev–Trinajstić information content (AvgIpc) is 3.12. The first kappa shape index (κ1) is 25.5. The molecule has 2 aromatic rings. The summed E-state index contributed by atoms with van der Waals surface area (Å²) in [6.07, 6.45) is 11.1. The van der Waals surface area contributed by atoms with Crippen LogP contribution in [-0.2, 0) is 6.42 Å². The van der Waals surface area contributed by atoms with E-state index < -0.39 is 0 Å². The molecule has 3 rings (SSSR count). The molecule has 1 heterocycles. The minimum atomic E-state index is 0.111. The minimum Gasteiger partial charge on any atom is -0.494 e. The highest BCUT2D eigenvalue weighted by atomic mass is 16.3. The van der Waals surface area contributed by atoms with Gasteiger partial charge in [-0.25, -0.2) is 4.99 Å². The molecule has 0 saturated heterocycles. The number of nitrogens with zero attached hydrogens (tertiary/aromatic N) is 1. The lowest BCUT2D eigenvalue weighted by Gasteiger charge is -2.25. The van der Waals surface area contributed by atoms with Crippen molar-refractivity contribution < 1.29 is 5.11 Å². The summed E-state index contributed by atoms with van der Waals surface area (Å²) in [5.41, 5.74) is 5.28. The van der Waals surface area contributed by atoms with E-state index in [1.807, 2.05) is 6.92 Å². The summed E-state index contributed by atoms with van der Waals surface area (Å²) in [4.78, 5) is 7.61. The Morgan fingerprint density at radius 1 is 1.26 bits per heavy atom. The first-order valence-electron chi connectivity index (χ1n) is 12.5. The molecule has 0 amide bonds. The zero-order valence-electron chi connectivity index (χ0n) is 21.5. The molecule has 0 radical (unpaired) electrons. The van der Waals surface area contributed by atoms with Gasteiger partial charge in [0.05, 0.1) is 11.3 Å². The van der Waals surface area contributed by atoms with Gasteiger partial charge in [-0.2, -0.15) is 0 Å². The monoisotopic (exact) mass is 460 g/mol. The molecule has 4 N–H and O–H groups in total. The van der Waals surface area contributed by atoms with Crippen LogP contribution in [0.3, 0.4) is 0 Å². The van der Waals surface area contributed by atoms with Gasteiger partial charge in [0, 0.05) is 29.2 Å². The number of rotatable bonds is 9. The molecule has 1 aromatic heterocycles. The highest BCUT2D eigenvalue weighted by Gasteiger charge is 2.25. The van der Waals surface area contributed by atoms with E-state index in [1.54, 1.807) is 12.3 Å². The fourth-order valence-corrected chi connectivity index (χ4v) is 4.64. The Morgan fingerprint density at radius 2 is 2.03 bits per heavy atom. The third kappa shape index (κ3) is 5.88. The van der Waals surface area contributed by atoms with E-state index in [1.165, 1.54) is 16.7 Å². The quantitative estimate of drug-likeness (QED) is 0.243. The molecule has 5 nitrogen and oxygen atoms in total. The van der Waals surface area contributed by atoms with Gasteiger partial charge in [-0.1, -0.05) is 58.0 Å². The third-order valence-electron chi connectivity index (χ3n) is 6.70. The summed E-state index contributed by atoms with van der Waals surface area (Å²) in [6.45, 7) is 13.7. The van der Waals surface area contributed by atoms with Crippen molar-refractivity contribution in [1.29, 1.82) is 5.41 Å². The standard InChI is InChI=1S/C29H40N4O/c1-7-21-10-9-19(5)23(15-21)24-17-25-26(16-22(24)8-2)33-29(34)28(25)20(6)32-27(30)12-14-31-13-11-18(3)4/h9-10,12,14-18,22,24,30-31,33-34H,7-8,11,13H2,1-6H3/b14-12-,30-27?,32-20?. The van der Waals surface area contributed by atoms with Crippen LogP contribution in [0.2, 0.25) is 0 Å². The Bertz CT molecular complexity index is 1200. The number of nitrogens with one attached hydrogen (secondary N) is 3. The van der Waals surface area contributed by atoms with Gasteiger partial charge in [0.2, 0.25) is 0 Å². The van der Waals surface area contributed by atoms with Crippen LogP contribution >= 0.6 is 0 Å². The van der Waals surface area contributed by atoms with Crippen molar-refractivity contribution in [1.82, 2.24) is 10.3 Å². The number of hydrogen-bond acceptors (Lipinski definition) is 3. The molecule has 2 unspecified atom stereocenters. The van der Waals surface area contributed by atoms with E-state index >= 15 is 0 Å². The number of aromatic amines is 1. The Hall–Kier alpha value is -3.08. The van der Waals surface area contributed by atoms with Gasteiger partial charge >= 0.3 is 0 Å². The average molecular weight is 461 g/mol. The lowest BCUT2D eigenvalue weighted by molar-refractivity contribution is 0.455. The molecule has 0 bridgehead atoms. The van der Waals surface area contributed by atoms with Crippen molar-refractivity contribution in [3.63, 3.8) is 0 Å². The zero-order chi connectivity index (χ0) is 24.8. The van der Waals surface area contributed by atoms with Crippen LogP contribution in [0, 0.1) is 24.2 Å². The van der Waals surface area contributed by atoms with E-state index in [9.17, 15) is 5.11 Å². The van der Waals surface area contributed by atoms with Gasteiger partial charge in [-0.05, 0) is 67.7 Å². The van der Waals surface area contributed by atoms with Gasteiger partial charge in [-0.3, -0.25) is 5.41 Å². The molecular formula is C29H40N4O. The largest absolute Gasteiger partial charge is 0.494 e. The molecule has 1 aliphatic rings. The summed E-state index contributed by atoms with van der Waals surface area (Å²) in [5.74, 6) is 1.48. The molecular weight excluding hydrogens is 420 g/mol. The second kappa shape index (κ2) is 11.4. The number of amidine groups is 1. The Morgan fingerprint density at radius 3 is 2.71 bits per heavy atom. The van der Waals surface area contributed by atoms with E-state index in [0.717, 1.165) is 36.4 Å².